The predicted octanol–water partition coefficient (Wildman–Crippen LogP) is 3.04. The van der Waals surface area contributed by atoms with E-state index in [-0.39, 0.29) is 0 Å². The maximum Gasteiger partial charge on any atom is 0.161 e. The Morgan fingerprint density at radius 3 is 2.56 bits per heavy atom. The van der Waals surface area contributed by atoms with Crippen LogP contribution in [-0.4, -0.2) is 33.6 Å². The van der Waals surface area contributed by atoms with E-state index in [9.17, 15) is 0 Å². The van der Waals surface area contributed by atoms with Crippen LogP contribution in [-0.2, 0) is 0 Å². The molecule has 0 aliphatic carbocycles. The minimum atomic E-state index is 0.711. The molecule has 0 amide bonds. The first-order chi connectivity index (χ1) is 8.71. The van der Waals surface area contributed by atoms with Gasteiger partial charge in [0.1, 0.15) is 0 Å². The number of ether oxygens (including phenoxy) is 2. The Hall–Kier alpha value is -0.870. The lowest BCUT2D eigenvalue weighted by atomic mass is 10.1. The van der Waals surface area contributed by atoms with Gasteiger partial charge in [0.2, 0.25) is 0 Å². The monoisotopic (exact) mass is 269 g/mol. The summed E-state index contributed by atoms with van der Waals surface area (Å²) < 4.78 is 10.5. The summed E-state index contributed by atoms with van der Waals surface area (Å²) in [5.41, 5.74) is 0. The fourth-order valence-corrected chi connectivity index (χ4v) is 2.85. The van der Waals surface area contributed by atoms with Gasteiger partial charge in [-0.15, -0.1) is 11.8 Å². The summed E-state index contributed by atoms with van der Waals surface area (Å²) in [6.45, 7) is 3.35. The van der Waals surface area contributed by atoms with Crippen LogP contribution < -0.4 is 14.8 Å². The lowest BCUT2D eigenvalue weighted by Crippen LogP contribution is -2.16. The number of thioether (sulfide) groups is 1. The second kappa shape index (κ2) is 8.27. The molecule has 1 aromatic carbocycles. The van der Waals surface area contributed by atoms with Crippen molar-refractivity contribution in [1.29, 1.82) is 0 Å². The molecular weight excluding hydrogens is 246 g/mol. The van der Waals surface area contributed by atoms with Gasteiger partial charge in [0.15, 0.2) is 11.5 Å². The molecule has 1 rings (SSSR count). The summed E-state index contributed by atoms with van der Waals surface area (Å²) in [5.74, 6) is 3.41. The Morgan fingerprint density at radius 2 is 1.94 bits per heavy atom. The molecule has 0 fully saturated rings. The Labute approximate surface area is 114 Å². The fraction of sp³-hybridized carbons (Fsp3) is 0.571. The molecule has 0 radical (unpaired) electrons. The van der Waals surface area contributed by atoms with E-state index in [0.29, 0.717) is 5.92 Å². The van der Waals surface area contributed by atoms with E-state index in [4.69, 9.17) is 9.47 Å². The molecule has 4 heteroatoms. The standard InChI is InChI=1S/C14H23NO2S/c1-11(10-15-2)7-8-18-12-5-6-13(16-3)14(9-12)17-4/h5-6,9,11,15H,7-8,10H2,1-4H3. The number of nitrogens with one attached hydrogen (secondary N) is 1. The van der Waals surface area contributed by atoms with Gasteiger partial charge in [0.25, 0.3) is 0 Å². The molecule has 0 saturated carbocycles. The average molecular weight is 269 g/mol. The Kier molecular flexibility index (Phi) is 6.98. The lowest BCUT2D eigenvalue weighted by Gasteiger charge is -2.11. The molecule has 1 unspecified atom stereocenters. The predicted molar refractivity (Wildman–Crippen MR) is 78.0 cm³/mol. The van der Waals surface area contributed by atoms with Gasteiger partial charge in [-0.2, -0.15) is 0 Å². The van der Waals surface area contributed by atoms with Crippen LogP contribution in [0.1, 0.15) is 13.3 Å². The van der Waals surface area contributed by atoms with E-state index < -0.39 is 0 Å². The molecule has 0 bridgehead atoms. The molecule has 18 heavy (non-hydrogen) atoms. The topological polar surface area (TPSA) is 30.5 Å². The Balaban J connectivity index is 2.47. The van der Waals surface area contributed by atoms with Crippen LogP contribution in [0.25, 0.3) is 0 Å². The minimum Gasteiger partial charge on any atom is -0.493 e. The van der Waals surface area contributed by atoms with Gasteiger partial charge in [-0.05, 0) is 49.9 Å². The van der Waals surface area contributed by atoms with Gasteiger partial charge in [0, 0.05) is 4.90 Å². The summed E-state index contributed by atoms with van der Waals surface area (Å²) in [6, 6.07) is 6.07. The van der Waals surface area contributed by atoms with Crippen LogP contribution >= 0.6 is 11.8 Å². The van der Waals surface area contributed by atoms with Crippen molar-refractivity contribution in [2.75, 3.05) is 33.6 Å². The molecule has 0 heterocycles. The van der Waals surface area contributed by atoms with Crippen LogP contribution in [0.15, 0.2) is 23.1 Å². The summed E-state index contributed by atoms with van der Waals surface area (Å²) in [7, 11) is 5.32. The molecule has 0 aliphatic rings. The van der Waals surface area contributed by atoms with Gasteiger partial charge < -0.3 is 14.8 Å². The van der Waals surface area contributed by atoms with Crippen molar-refractivity contribution in [3.05, 3.63) is 18.2 Å². The van der Waals surface area contributed by atoms with Crippen molar-refractivity contribution in [3.63, 3.8) is 0 Å². The Bertz CT molecular complexity index is 358. The highest BCUT2D eigenvalue weighted by molar-refractivity contribution is 7.99. The van der Waals surface area contributed by atoms with Crippen molar-refractivity contribution >= 4 is 11.8 Å². The number of benzene rings is 1. The van der Waals surface area contributed by atoms with E-state index in [0.717, 1.165) is 23.8 Å². The summed E-state index contributed by atoms with van der Waals surface area (Å²) in [6.07, 6.45) is 1.21. The first-order valence-electron chi connectivity index (χ1n) is 6.20. The lowest BCUT2D eigenvalue weighted by molar-refractivity contribution is 0.354. The summed E-state index contributed by atoms with van der Waals surface area (Å²) in [5, 5.41) is 3.20. The zero-order chi connectivity index (χ0) is 13.4. The van der Waals surface area contributed by atoms with Crippen LogP contribution in [0.4, 0.5) is 0 Å². The van der Waals surface area contributed by atoms with Crippen LogP contribution in [0, 0.1) is 5.92 Å². The highest BCUT2D eigenvalue weighted by Gasteiger charge is 2.06. The molecule has 1 aromatic rings. The maximum atomic E-state index is 5.29. The second-order valence-corrected chi connectivity index (χ2v) is 5.49. The van der Waals surface area contributed by atoms with Gasteiger partial charge in [0.05, 0.1) is 14.2 Å². The van der Waals surface area contributed by atoms with Crippen molar-refractivity contribution in [2.45, 2.75) is 18.2 Å². The smallest absolute Gasteiger partial charge is 0.161 e. The van der Waals surface area contributed by atoms with Crippen molar-refractivity contribution in [1.82, 2.24) is 5.32 Å². The third-order valence-electron chi connectivity index (χ3n) is 2.79. The highest BCUT2D eigenvalue weighted by atomic mass is 32.2. The second-order valence-electron chi connectivity index (χ2n) is 4.32. The SMILES string of the molecule is CNCC(C)CCSc1ccc(OC)c(OC)c1. The minimum absolute atomic E-state index is 0.711. The van der Waals surface area contributed by atoms with Gasteiger partial charge in [-0.25, -0.2) is 0 Å². The largest absolute Gasteiger partial charge is 0.493 e. The quantitative estimate of drug-likeness (QED) is 0.735. The van der Waals surface area contributed by atoms with Crippen molar-refractivity contribution < 1.29 is 9.47 Å². The summed E-state index contributed by atoms with van der Waals surface area (Å²) in [4.78, 5) is 1.23. The normalized spacial score (nSPS) is 12.2. The van der Waals surface area contributed by atoms with Crippen molar-refractivity contribution in [2.24, 2.45) is 5.92 Å². The molecule has 0 saturated heterocycles. The third-order valence-corrected chi connectivity index (χ3v) is 3.81. The molecule has 3 nitrogen and oxygen atoms in total. The van der Waals surface area contributed by atoms with Crippen LogP contribution in [0.5, 0.6) is 11.5 Å². The molecule has 0 spiro atoms. The van der Waals surface area contributed by atoms with E-state index in [1.165, 1.54) is 11.3 Å². The third kappa shape index (κ3) is 4.78. The molecule has 1 N–H and O–H groups in total. The van der Waals surface area contributed by atoms with Crippen molar-refractivity contribution in [3.8, 4) is 11.5 Å². The number of hydrogen-bond acceptors (Lipinski definition) is 4. The molecule has 0 aromatic heterocycles. The number of methoxy groups -OCH3 is 2. The average Bonchev–Trinajstić information content (AvgIpc) is 2.38. The number of hydrogen-bond donors (Lipinski definition) is 1. The first kappa shape index (κ1) is 15.2. The van der Waals surface area contributed by atoms with Crippen LogP contribution in [0.2, 0.25) is 0 Å². The first-order valence-corrected chi connectivity index (χ1v) is 7.19. The summed E-state index contributed by atoms with van der Waals surface area (Å²) >= 11 is 1.86. The van der Waals surface area contributed by atoms with E-state index in [2.05, 4.69) is 18.3 Å². The maximum absolute atomic E-state index is 5.29. The van der Waals surface area contributed by atoms with E-state index >= 15 is 0 Å². The van der Waals surface area contributed by atoms with E-state index in [1.54, 1.807) is 14.2 Å². The van der Waals surface area contributed by atoms with Crippen LogP contribution in [0.3, 0.4) is 0 Å². The molecule has 0 aliphatic heterocycles. The zero-order valence-corrected chi connectivity index (χ0v) is 12.5. The number of rotatable bonds is 8. The fourth-order valence-electron chi connectivity index (χ4n) is 1.73. The molecule has 102 valence electrons. The molecular formula is C14H23NO2S. The van der Waals surface area contributed by atoms with Gasteiger partial charge in [-0.3, -0.25) is 0 Å². The Morgan fingerprint density at radius 1 is 1.22 bits per heavy atom. The molecule has 1 atom stereocenters. The van der Waals surface area contributed by atoms with Gasteiger partial charge >= 0.3 is 0 Å². The zero-order valence-electron chi connectivity index (χ0n) is 11.7. The van der Waals surface area contributed by atoms with Gasteiger partial charge in [-0.1, -0.05) is 6.92 Å². The van der Waals surface area contributed by atoms with E-state index in [1.807, 2.05) is 30.9 Å². The highest BCUT2D eigenvalue weighted by Crippen LogP contribution is 2.32.